The monoisotopic (exact) mass is 410 g/mol. The van der Waals surface area contributed by atoms with Gasteiger partial charge >= 0.3 is 12.1 Å². The number of aliphatic carboxylic acids is 1. The van der Waals surface area contributed by atoms with Crippen LogP contribution >= 0.6 is 0 Å². The number of carboxylic acid groups (broad SMARTS) is 1. The van der Waals surface area contributed by atoms with Crippen LogP contribution in [0.2, 0.25) is 0 Å². The number of hydrogen-bond donors (Lipinski definition) is 1. The highest BCUT2D eigenvalue weighted by Crippen LogP contribution is 2.38. The van der Waals surface area contributed by atoms with Crippen molar-refractivity contribution in [3.63, 3.8) is 0 Å². The van der Waals surface area contributed by atoms with Crippen LogP contribution < -0.4 is 4.90 Å². The average molecular weight is 410 g/mol. The molecule has 3 rings (SSSR count). The molecule has 0 saturated carbocycles. The molecule has 1 N–H and O–H groups in total. The topological polar surface area (TPSA) is 113 Å². The third-order valence-electron chi connectivity index (χ3n) is 4.29. The first kappa shape index (κ1) is 19.9. The van der Waals surface area contributed by atoms with Gasteiger partial charge in [0, 0.05) is 12.6 Å². The molecule has 2 aromatic rings. The molecule has 0 amide bonds. The minimum Gasteiger partial charge on any atom is -0.611 e. The lowest BCUT2D eigenvalue weighted by Crippen LogP contribution is -2.36. The summed E-state index contributed by atoms with van der Waals surface area (Å²) < 4.78 is 52.6. The zero-order valence-corrected chi connectivity index (χ0v) is 14.9. The number of carboxylic acids is 1. The van der Waals surface area contributed by atoms with Gasteiger partial charge in [-0.25, -0.2) is 14.8 Å². The summed E-state index contributed by atoms with van der Waals surface area (Å²) in [5, 5.41) is 17.6. The molecule has 2 heterocycles. The molecule has 0 bridgehead atoms. The van der Waals surface area contributed by atoms with Gasteiger partial charge in [-0.2, -0.15) is 18.4 Å². The van der Waals surface area contributed by atoms with Crippen LogP contribution in [-0.2, 0) is 22.1 Å². The minimum atomic E-state index is -4.68. The summed E-state index contributed by atoms with van der Waals surface area (Å²) >= 11 is -2.09. The van der Waals surface area contributed by atoms with E-state index in [4.69, 9.17) is 5.26 Å². The fraction of sp³-hybridized carbons (Fsp3) is 0.294. The normalized spacial score (nSPS) is 20.6. The number of aromatic nitrogens is 2. The van der Waals surface area contributed by atoms with Gasteiger partial charge in [-0.15, -0.1) is 0 Å². The third kappa shape index (κ3) is 3.88. The van der Waals surface area contributed by atoms with Crippen LogP contribution in [0.5, 0.6) is 0 Å². The smallest absolute Gasteiger partial charge is 0.421 e. The number of hydrogen-bond acceptors (Lipinski definition) is 6. The molecule has 1 fully saturated rings. The van der Waals surface area contributed by atoms with Gasteiger partial charge < -0.3 is 14.6 Å². The maximum absolute atomic E-state index is 13.2. The fourth-order valence-corrected chi connectivity index (χ4v) is 4.68. The highest BCUT2D eigenvalue weighted by atomic mass is 32.2. The van der Waals surface area contributed by atoms with Crippen molar-refractivity contribution in [1.29, 1.82) is 5.26 Å². The molecule has 3 atom stereocenters. The minimum absolute atomic E-state index is 0.0857. The van der Waals surface area contributed by atoms with E-state index in [1.165, 1.54) is 29.3 Å². The second-order valence-corrected chi connectivity index (χ2v) is 7.71. The van der Waals surface area contributed by atoms with E-state index in [0.29, 0.717) is 0 Å². The number of alkyl halides is 3. The number of benzene rings is 1. The molecule has 0 radical (unpaired) electrons. The molecule has 146 valence electrons. The highest BCUT2D eigenvalue weighted by molar-refractivity contribution is 7.92. The van der Waals surface area contributed by atoms with E-state index in [0.717, 1.165) is 12.1 Å². The standard InChI is InChI=1S/C17H13F3N4O3S/c18-17(19,20)11-3-1-2-4-13(11)28(27)10-7-12(16(25)26)24(9-10)15-5-6-22-14(8-21)23-15/h1-6,10,12H,7,9H2,(H,25,26)/t10-,12-,28?/m0/s1. The molecule has 11 heteroatoms. The Morgan fingerprint density at radius 3 is 2.71 bits per heavy atom. The summed E-state index contributed by atoms with van der Waals surface area (Å²) in [6.45, 7) is -0.0857. The number of rotatable bonds is 4. The maximum atomic E-state index is 13.2. The van der Waals surface area contributed by atoms with Crippen molar-refractivity contribution in [1.82, 2.24) is 9.97 Å². The van der Waals surface area contributed by atoms with Crippen molar-refractivity contribution in [3.05, 3.63) is 47.9 Å². The van der Waals surface area contributed by atoms with E-state index >= 15 is 0 Å². The van der Waals surface area contributed by atoms with E-state index in [2.05, 4.69) is 9.97 Å². The quantitative estimate of drug-likeness (QED) is 0.769. The van der Waals surface area contributed by atoms with Gasteiger partial charge in [0.2, 0.25) is 5.82 Å². The number of carbonyl (C=O) groups is 1. The predicted molar refractivity (Wildman–Crippen MR) is 91.8 cm³/mol. The predicted octanol–water partition coefficient (Wildman–Crippen LogP) is 2.21. The molecule has 28 heavy (non-hydrogen) atoms. The van der Waals surface area contributed by atoms with Gasteiger partial charge in [0.15, 0.2) is 4.90 Å². The third-order valence-corrected chi connectivity index (χ3v) is 6.03. The summed E-state index contributed by atoms with van der Waals surface area (Å²) in [4.78, 5) is 20.2. The molecule has 1 aromatic heterocycles. The Labute approximate surface area is 160 Å². The first-order chi connectivity index (χ1) is 13.2. The van der Waals surface area contributed by atoms with Crippen molar-refractivity contribution in [2.75, 3.05) is 11.4 Å². The van der Waals surface area contributed by atoms with E-state index < -0.39 is 40.2 Å². The lowest BCUT2D eigenvalue weighted by Gasteiger charge is -2.22. The number of halogens is 3. The molecular weight excluding hydrogens is 397 g/mol. The van der Waals surface area contributed by atoms with Crippen molar-refractivity contribution in [2.45, 2.75) is 28.8 Å². The van der Waals surface area contributed by atoms with E-state index in [-0.39, 0.29) is 29.5 Å². The van der Waals surface area contributed by atoms with Crippen LogP contribution in [0.15, 0.2) is 41.4 Å². The van der Waals surface area contributed by atoms with Crippen molar-refractivity contribution >= 4 is 23.0 Å². The maximum Gasteiger partial charge on any atom is 0.421 e. The molecule has 0 spiro atoms. The van der Waals surface area contributed by atoms with Gasteiger partial charge in [-0.05, 0) is 29.4 Å². The van der Waals surface area contributed by atoms with Crippen LogP contribution in [0.3, 0.4) is 0 Å². The molecule has 1 aromatic carbocycles. The second-order valence-electron chi connectivity index (χ2n) is 6.01. The van der Waals surface area contributed by atoms with Gasteiger partial charge in [0.1, 0.15) is 28.7 Å². The van der Waals surface area contributed by atoms with Crippen LogP contribution in [0.1, 0.15) is 17.8 Å². The zero-order chi connectivity index (χ0) is 20.5. The Hall–Kier alpha value is -2.84. The number of anilines is 1. The highest BCUT2D eigenvalue weighted by Gasteiger charge is 2.46. The molecule has 1 saturated heterocycles. The first-order valence-electron chi connectivity index (χ1n) is 8.01. The zero-order valence-electron chi connectivity index (χ0n) is 14.1. The largest absolute Gasteiger partial charge is 0.611 e. The Balaban J connectivity index is 1.93. The molecule has 0 aliphatic carbocycles. The van der Waals surface area contributed by atoms with Crippen LogP contribution in [0.25, 0.3) is 0 Å². The van der Waals surface area contributed by atoms with Gasteiger partial charge in [0.25, 0.3) is 0 Å². The number of nitrogens with zero attached hydrogens (tertiary/aromatic N) is 4. The average Bonchev–Trinajstić information content (AvgIpc) is 3.12. The van der Waals surface area contributed by atoms with Gasteiger partial charge in [-0.1, -0.05) is 12.1 Å². The van der Waals surface area contributed by atoms with Crippen LogP contribution in [0, 0.1) is 11.3 Å². The fourth-order valence-electron chi connectivity index (χ4n) is 3.06. The number of nitriles is 1. The second kappa shape index (κ2) is 7.65. The lowest BCUT2D eigenvalue weighted by molar-refractivity contribution is -0.140. The van der Waals surface area contributed by atoms with Crippen molar-refractivity contribution in [2.24, 2.45) is 0 Å². The molecule has 1 aliphatic heterocycles. The van der Waals surface area contributed by atoms with Crippen LogP contribution in [-0.4, -0.2) is 43.4 Å². The SMILES string of the molecule is N#Cc1nccc(N2C[C@@H]([S+]([O-])c3ccccc3C(F)(F)F)C[C@H]2C(=O)O)n1. The van der Waals surface area contributed by atoms with Crippen molar-refractivity contribution < 1.29 is 27.6 Å². The summed E-state index contributed by atoms with van der Waals surface area (Å²) in [5.41, 5.74) is -1.01. The van der Waals surface area contributed by atoms with E-state index in [1.807, 2.05) is 0 Å². The first-order valence-corrected chi connectivity index (χ1v) is 9.23. The van der Waals surface area contributed by atoms with E-state index in [9.17, 15) is 27.6 Å². The molecule has 1 aliphatic rings. The lowest BCUT2D eigenvalue weighted by atomic mass is 10.2. The Bertz CT molecular complexity index is 934. The summed E-state index contributed by atoms with van der Waals surface area (Å²) in [5.74, 6) is -1.25. The van der Waals surface area contributed by atoms with Gasteiger partial charge in [-0.3, -0.25) is 0 Å². The Morgan fingerprint density at radius 1 is 1.36 bits per heavy atom. The Morgan fingerprint density at radius 2 is 2.07 bits per heavy atom. The molecule has 7 nitrogen and oxygen atoms in total. The summed E-state index contributed by atoms with van der Waals surface area (Å²) in [6, 6.07) is 6.54. The molecule has 1 unspecified atom stereocenters. The summed E-state index contributed by atoms with van der Waals surface area (Å²) in [7, 11) is 0. The summed E-state index contributed by atoms with van der Waals surface area (Å²) in [6.07, 6.45) is -3.52. The van der Waals surface area contributed by atoms with Crippen molar-refractivity contribution in [3.8, 4) is 6.07 Å². The van der Waals surface area contributed by atoms with E-state index in [1.54, 1.807) is 6.07 Å². The Kier molecular flexibility index (Phi) is 5.44. The molecular formula is C17H13F3N4O3S. The van der Waals surface area contributed by atoms with Gasteiger partial charge in [0.05, 0.1) is 6.54 Å². The van der Waals surface area contributed by atoms with Crippen LogP contribution in [0.4, 0.5) is 19.0 Å².